The van der Waals surface area contributed by atoms with Gasteiger partial charge in [0.05, 0.1) is 34.9 Å². The SMILES string of the molecule is COc1ccc(-n2nc3c(c2-c2ccc(Cl)cc2)C2OC(=O)CC2(Br)CC3)cc1. The summed E-state index contributed by atoms with van der Waals surface area (Å²) in [5.41, 5.74) is 4.73. The van der Waals surface area contributed by atoms with Crippen molar-refractivity contribution in [1.29, 1.82) is 0 Å². The summed E-state index contributed by atoms with van der Waals surface area (Å²) < 4.78 is 12.6. The number of aromatic nitrogens is 2. The standard InChI is InChI=1S/C22H18BrClN2O3/c1-28-16-8-6-15(7-9-16)26-20(13-2-4-14(24)5-3-13)19-17(25-26)10-11-22(23)12-18(27)29-21(19)22/h2-9,21H,10-12H2,1H3. The number of halogens is 2. The third-order valence-corrected chi connectivity index (χ3v) is 6.97. The van der Waals surface area contributed by atoms with Crippen LogP contribution in [0.5, 0.6) is 5.75 Å². The summed E-state index contributed by atoms with van der Waals surface area (Å²) in [7, 11) is 1.64. The zero-order chi connectivity index (χ0) is 20.2. The Morgan fingerprint density at radius 2 is 1.93 bits per heavy atom. The van der Waals surface area contributed by atoms with Crippen LogP contribution in [-0.4, -0.2) is 27.2 Å². The Morgan fingerprint density at radius 3 is 2.62 bits per heavy atom. The predicted molar refractivity (Wildman–Crippen MR) is 114 cm³/mol. The molecule has 1 aliphatic carbocycles. The van der Waals surface area contributed by atoms with Gasteiger partial charge in [0.25, 0.3) is 0 Å². The average Bonchev–Trinajstić information content (AvgIpc) is 3.25. The number of hydrogen-bond donors (Lipinski definition) is 0. The van der Waals surface area contributed by atoms with Gasteiger partial charge in [0.15, 0.2) is 0 Å². The van der Waals surface area contributed by atoms with Crippen molar-refractivity contribution in [1.82, 2.24) is 9.78 Å². The maximum Gasteiger partial charge on any atom is 0.308 e. The molecule has 5 nitrogen and oxygen atoms in total. The first kappa shape index (κ1) is 18.7. The van der Waals surface area contributed by atoms with Gasteiger partial charge in [-0.05, 0) is 49.2 Å². The molecular weight excluding hydrogens is 456 g/mol. The normalized spacial score (nSPS) is 22.7. The highest BCUT2D eigenvalue weighted by molar-refractivity contribution is 9.10. The topological polar surface area (TPSA) is 53.4 Å². The van der Waals surface area contributed by atoms with Gasteiger partial charge in [0.1, 0.15) is 11.9 Å². The summed E-state index contributed by atoms with van der Waals surface area (Å²) in [6, 6.07) is 15.4. The molecule has 2 unspecified atom stereocenters. The van der Waals surface area contributed by atoms with Crippen LogP contribution in [0, 0.1) is 0 Å². The lowest BCUT2D eigenvalue weighted by Crippen LogP contribution is -2.30. The maximum absolute atomic E-state index is 12.2. The molecule has 1 fully saturated rings. The van der Waals surface area contributed by atoms with Crippen LogP contribution in [0.25, 0.3) is 16.9 Å². The number of alkyl halides is 1. The molecule has 2 aromatic carbocycles. The summed E-state index contributed by atoms with van der Waals surface area (Å²) in [4.78, 5) is 12.2. The van der Waals surface area contributed by atoms with E-state index in [1.165, 1.54) is 0 Å². The molecule has 0 radical (unpaired) electrons. The molecular formula is C22H18BrClN2O3. The van der Waals surface area contributed by atoms with Crippen LogP contribution in [0.15, 0.2) is 48.5 Å². The number of fused-ring (bicyclic) bond motifs is 3. The van der Waals surface area contributed by atoms with E-state index in [2.05, 4.69) is 15.9 Å². The molecule has 1 aromatic heterocycles. The van der Waals surface area contributed by atoms with Gasteiger partial charge in [-0.1, -0.05) is 39.7 Å². The largest absolute Gasteiger partial charge is 0.497 e. The van der Waals surface area contributed by atoms with Crippen molar-refractivity contribution in [2.24, 2.45) is 0 Å². The smallest absolute Gasteiger partial charge is 0.308 e. The predicted octanol–water partition coefficient (Wildman–Crippen LogP) is 5.27. The highest BCUT2D eigenvalue weighted by atomic mass is 79.9. The Balaban J connectivity index is 1.74. The van der Waals surface area contributed by atoms with E-state index in [-0.39, 0.29) is 16.4 Å². The highest BCUT2D eigenvalue weighted by Gasteiger charge is 2.53. The van der Waals surface area contributed by atoms with Crippen molar-refractivity contribution < 1.29 is 14.3 Å². The van der Waals surface area contributed by atoms with Crippen molar-refractivity contribution in [3.8, 4) is 22.7 Å². The maximum atomic E-state index is 12.2. The number of nitrogens with zero attached hydrogens (tertiary/aromatic N) is 2. The summed E-state index contributed by atoms with van der Waals surface area (Å²) in [5.74, 6) is 0.599. The number of esters is 1. The number of hydrogen-bond acceptors (Lipinski definition) is 4. The van der Waals surface area contributed by atoms with Gasteiger partial charge in [0, 0.05) is 16.1 Å². The number of benzene rings is 2. The van der Waals surface area contributed by atoms with Crippen LogP contribution in [0.1, 0.15) is 30.2 Å². The number of methoxy groups -OCH3 is 1. The Morgan fingerprint density at radius 1 is 1.21 bits per heavy atom. The summed E-state index contributed by atoms with van der Waals surface area (Å²) in [6.45, 7) is 0. The lowest BCUT2D eigenvalue weighted by Gasteiger charge is -2.31. The lowest BCUT2D eigenvalue weighted by molar-refractivity contribution is -0.141. The molecule has 1 saturated heterocycles. The van der Waals surface area contributed by atoms with E-state index in [0.29, 0.717) is 11.4 Å². The molecule has 2 atom stereocenters. The van der Waals surface area contributed by atoms with Crippen LogP contribution >= 0.6 is 27.5 Å². The third kappa shape index (κ3) is 3.06. The van der Waals surface area contributed by atoms with Gasteiger partial charge in [-0.25, -0.2) is 4.68 Å². The first-order chi connectivity index (χ1) is 14.0. The quantitative estimate of drug-likeness (QED) is 0.384. The van der Waals surface area contributed by atoms with Crippen molar-refractivity contribution in [3.63, 3.8) is 0 Å². The Hall–Kier alpha value is -2.31. The first-order valence-electron chi connectivity index (χ1n) is 9.39. The number of ether oxygens (including phenoxy) is 2. The lowest BCUT2D eigenvalue weighted by atomic mass is 9.82. The highest BCUT2D eigenvalue weighted by Crippen LogP contribution is 2.54. The molecule has 0 saturated carbocycles. The van der Waals surface area contributed by atoms with Crippen molar-refractivity contribution in [2.45, 2.75) is 29.7 Å². The van der Waals surface area contributed by atoms with Crippen molar-refractivity contribution >= 4 is 33.5 Å². The van der Waals surface area contributed by atoms with E-state index in [1.807, 2.05) is 53.2 Å². The van der Waals surface area contributed by atoms with Gasteiger partial charge < -0.3 is 9.47 Å². The summed E-state index contributed by atoms with van der Waals surface area (Å²) >= 11 is 9.94. The molecule has 2 heterocycles. The molecule has 7 heteroatoms. The Bertz CT molecular complexity index is 1090. The van der Waals surface area contributed by atoms with Crippen LogP contribution in [0.4, 0.5) is 0 Å². The second kappa shape index (κ2) is 6.89. The molecule has 148 valence electrons. The van der Waals surface area contributed by atoms with Gasteiger partial charge in [-0.3, -0.25) is 4.79 Å². The van der Waals surface area contributed by atoms with E-state index < -0.39 is 0 Å². The summed E-state index contributed by atoms with van der Waals surface area (Å²) in [5, 5.41) is 5.59. The molecule has 3 aromatic rings. The summed E-state index contributed by atoms with van der Waals surface area (Å²) in [6.07, 6.45) is 1.58. The van der Waals surface area contributed by atoms with Crippen LogP contribution in [0.3, 0.4) is 0 Å². The minimum Gasteiger partial charge on any atom is -0.497 e. The van der Waals surface area contributed by atoms with Crippen LogP contribution < -0.4 is 4.74 Å². The van der Waals surface area contributed by atoms with Crippen LogP contribution in [0.2, 0.25) is 5.02 Å². The molecule has 2 aliphatic rings. The zero-order valence-corrected chi connectivity index (χ0v) is 18.0. The number of carbonyl (C=O) groups is 1. The minimum absolute atomic E-state index is 0.182. The number of rotatable bonds is 3. The molecule has 0 amide bonds. The van der Waals surface area contributed by atoms with E-state index in [9.17, 15) is 4.79 Å². The van der Waals surface area contributed by atoms with E-state index in [0.717, 1.165) is 46.8 Å². The number of carbonyl (C=O) groups excluding carboxylic acids is 1. The minimum atomic E-state index is -0.383. The number of aryl methyl sites for hydroxylation is 1. The Kier molecular flexibility index (Phi) is 4.44. The van der Waals surface area contributed by atoms with E-state index in [1.54, 1.807) is 7.11 Å². The van der Waals surface area contributed by atoms with E-state index in [4.69, 9.17) is 26.2 Å². The van der Waals surface area contributed by atoms with Gasteiger partial charge in [-0.2, -0.15) is 5.10 Å². The fourth-order valence-corrected chi connectivity index (χ4v) is 5.08. The monoisotopic (exact) mass is 472 g/mol. The second-order valence-electron chi connectivity index (χ2n) is 7.41. The van der Waals surface area contributed by atoms with Crippen molar-refractivity contribution in [2.75, 3.05) is 7.11 Å². The molecule has 0 spiro atoms. The van der Waals surface area contributed by atoms with Crippen molar-refractivity contribution in [3.05, 3.63) is 64.8 Å². The van der Waals surface area contributed by atoms with Gasteiger partial charge in [0.2, 0.25) is 0 Å². The first-order valence-corrected chi connectivity index (χ1v) is 10.6. The zero-order valence-electron chi connectivity index (χ0n) is 15.7. The van der Waals surface area contributed by atoms with Gasteiger partial charge in [-0.15, -0.1) is 0 Å². The Labute approximate surface area is 181 Å². The average molecular weight is 474 g/mol. The van der Waals surface area contributed by atoms with Gasteiger partial charge >= 0.3 is 5.97 Å². The molecule has 1 aliphatic heterocycles. The molecule has 0 N–H and O–H groups in total. The van der Waals surface area contributed by atoms with E-state index >= 15 is 0 Å². The van der Waals surface area contributed by atoms with Crippen LogP contribution in [-0.2, 0) is 16.0 Å². The fourth-order valence-electron chi connectivity index (χ4n) is 4.21. The molecule has 5 rings (SSSR count). The fraction of sp³-hybridized carbons (Fsp3) is 0.273. The second-order valence-corrected chi connectivity index (χ2v) is 9.42. The third-order valence-electron chi connectivity index (χ3n) is 5.63. The molecule has 0 bridgehead atoms. The molecule has 29 heavy (non-hydrogen) atoms.